The number of nitrogen functional groups attached to an aromatic ring is 4. The normalized spacial score (nSPS) is 11.3. The van der Waals surface area contributed by atoms with Crippen LogP contribution in [0.5, 0.6) is 11.8 Å². The van der Waals surface area contributed by atoms with Gasteiger partial charge in [-0.1, -0.05) is 19.9 Å². The van der Waals surface area contributed by atoms with E-state index in [4.69, 9.17) is 32.6 Å². The van der Waals surface area contributed by atoms with Gasteiger partial charge in [-0.05, 0) is 13.8 Å². The average Bonchev–Trinajstić information content (AvgIpc) is 2.93. The maximum absolute atomic E-state index is 12.0. The molecular weight excluding hydrogens is 360 g/mol. The van der Waals surface area contributed by atoms with Crippen molar-refractivity contribution in [3.8, 4) is 11.8 Å². The highest BCUT2D eigenvalue weighted by Gasteiger charge is 2.27. The van der Waals surface area contributed by atoms with Gasteiger partial charge in [0.05, 0.1) is 0 Å². The molecule has 0 aromatic carbocycles. The van der Waals surface area contributed by atoms with Gasteiger partial charge in [0.1, 0.15) is 24.6 Å². The molecule has 0 radical (unpaired) electrons. The molecule has 14 nitrogen and oxygen atoms in total. The lowest BCUT2D eigenvalue weighted by Crippen LogP contribution is -2.19. The molecule has 0 unspecified atom stereocenters. The minimum Gasteiger partial charge on any atom is -0.395 e. The summed E-state index contributed by atoms with van der Waals surface area (Å²) in [5.74, 6) is -1.36. The number of anilines is 4. The fraction of sp³-hybridized carbons (Fsp3) is 0.400. The van der Waals surface area contributed by atoms with Crippen molar-refractivity contribution >= 4 is 33.4 Å². The Morgan fingerprint density at radius 2 is 1.20 bits per heavy atom. The summed E-state index contributed by atoms with van der Waals surface area (Å²) >= 11 is 0. The second kappa shape index (κ2) is 6.71. The van der Waals surface area contributed by atoms with E-state index in [2.05, 4.69) is 18.6 Å². The Kier molecular flexibility index (Phi) is 4.87. The van der Waals surface area contributed by atoms with E-state index in [1.165, 1.54) is 0 Å². The molecule has 2 aromatic rings. The first kappa shape index (κ1) is 18.1. The molecule has 2 heterocycles. The molecule has 0 aliphatic carbocycles. The number of hydrogen-bond donors (Lipinski definition) is 4. The SMILES string of the molecule is CCOn1nc(OS(=O)(=O)Oc2nn(OCC)c(N)c2N)c(N)c1N. The Morgan fingerprint density at radius 3 is 1.52 bits per heavy atom. The zero-order chi connectivity index (χ0) is 18.8. The van der Waals surface area contributed by atoms with Crippen LogP contribution in [0.15, 0.2) is 0 Å². The van der Waals surface area contributed by atoms with Crippen molar-refractivity contribution in [1.82, 2.24) is 19.9 Å². The van der Waals surface area contributed by atoms with Crippen molar-refractivity contribution in [2.45, 2.75) is 13.8 Å². The zero-order valence-electron chi connectivity index (χ0n) is 13.4. The van der Waals surface area contributed by atoms with E-state index in [0.29, 0.717) is 0 Å². The second-order valence-corrected chi connectivity index (χ2v) is 5.51. The lowest BCUT2D eigenvalue weighted by molar-refractivity contribution is 0.0953. The fourth-order valence-corrected chi connectivity index (χ4v) is 2.25. The summed E-state index contributed by atoms with van der Waals surface area (Å²) in [6, 6.07) is 0. The van der Waals surface area contributed by atoms with Crippen LogP contribution in [0.2, 0.25) is 0 Å². The van der Waals surface area contributed by atoms with E-state index in [1.807, 2.05) is 0 Å². The van der Waals surface area contributed by atoms with Gasteiger partial charge in [-0.2, -0.15) is 0 Å². The first-order chi connectivity index (χ1) is 11.7. The summed E-state index contributed by atoms with van der Waals surface area (Å²) < 4.78 is 33.3. The minimum atomic E-state index is -4.70. The molecule has 0 spiro atoms. The van der Waals surface area contributed by atoms with E-state index in [0.717, 1.165) is 9.69 Å². The average molecular weight is 378 g/mol. The standard InChI is InChI=1S/C10H18N8O6S/c1-3-21-17-7(13)5(11)9(15-17)23-25(19,20)24-10-6(12)8(14)18(16-10)22-4-2/h3-4,11-14H2,1-2H3. The maximum atomic E-state index is 12.0. The van der Waals surface area contributed by atoms with Crippen LogP contribution in [-0.2, 0) is 10.4 Å². The molecule has 0 fully saturated rings. The van der Waals surface area contributed by atoms with Crippen LogP contribution >= 0.6 is 0 Å². The van der Waals surface area contributed by atoms with Crippen molar-refractivity contribution in [3.05, 3.63) is 0 Å². The van der Waals surface area contributed by atoms with E-state index < -0.39 is 22.2 Å². The Bertz CT molecular complexity index is 795. The molecule has 0 atom stereocenters. The van der Waals surface area contributed by atoms with Gasteiger partial charge in [-0.25, -0.2) is 0 Å². The van der Waals surface area contributed by atoms with E-state index in [-0.39, 0.29) is 36.2 Å². The third-order valence-electron chi connectivity index (χ3n) is 2.65. The second-order valence-electron chi connectivity index (χ2n) is 4.36. The van der Waals surface area contributed by atoms with Gasteiger partial charge in [-0.3, -0.25) is 0 Å². The van der Waals surface area contributed by atoms with Crippen LogP contribution in [0.1, 0.15) is 13.8 Å². The van der Waals surface area contributed by atoms with Gasteiger partial charge < -0.3 is 41.0 Å². The van der Waals surface area contributed by atoms with Crippen LogP contribution in [0.25, 0.3) is 0 Å². The summed E-state index contributed by atoms with van der Waals surface area (Å²) in [4.78, 5) is 11.7. The number of hydrogen-bond acceptors (Lipinski definition) is 12. The summed E-state index contributed by atoms with van der Waals surface area (Å²) in [5, 5.41) is 7.31. The van der Waals surface area contributed by atoms with Crippen molar-refractivity contribution in [2.75, 3.05) is 36.1 Å². The molecule has 25 heavy (non-hydrogen) atoms. The lowest BCUT2D eigenvalue weighted by atomic mass is 10.5. The van der Waals surface area contributed by atoms with Crippen LogP contribution < -0.4 is 41.0 Å². The number of rotatable bonds is 8. The van der Waals surface area contributed by atoms with Gasteiger partial charge in [0, 0.05) is 0 Å². The molecule has 0 saturated carbocycles. The molecule has 0 aliphatic rings. The Morgan fingerprint density at radius 1 is 0.840 bits per heavy atom. The Balaban J connectivity index is 2.23. The molecule has 8 N–H and O–H groups in total. The first-order valence-corrected chi connectivity index (χ1v) is 8.21. The molecule has 2 aromatic heterocycles. The predicted molar refractivity (Wildman–Crippen MR) is 86.5 cm³/mol. The highest BCUT2D eigenvalue weighted by atomic mass is 32.3. The molecule has 0 saturated heterocycles. The molecule has 2 rings (SSSR count). The Labute approximate surface area is 142 Å². The smallest absolute Gasteiger partial charge is 0.395 e. The van der Waals surface area contributed by atoms with Gasteiger partial charge in [0.15, 0.2) is 11.6 Å². The predicted octanol–water partition coefficient (Wildman–Crippen LogP) is -1.99. The minimum absolute atomic E-state index is 0.142. The summed E-state index contributed by atoms with van der Waals surface area (Å²) in [6.07, 6.45) is 0. The molecule has 15 heteroatoms. The van der Waals surface area contributed by atoms with Crippen LogP contribution in [-0.4, -0.2) is 41.5 Å². The largest absolute Gasteiger partial charge is 0.504 e. The number of aromatic nitrogens is 4. The molecule has 0 amide bonds. The van der Waals surface area contributed by atoms with Crippen molar-refractivity contribution in [2.24, 2.45) is 0 Å². The van der Waals surface area contributed by atoms with Crippen LogP contribution in [0, 0.1) is 0 Å². The topological polar surface area (TPSA) is 211 Å². The molecule has 0 aliphatic heterocycles. The molecular formula is C10H18N8O6S. The summed E-state index contributed by atoms with van der Waals surface area (Å²) in [7, 11) is -4.70. The highest BCUT2D eigenvalue weighted by Crippen LogP contribution is 2.30. The molecule has 0 bridgehead atoms. The Hall–Kier alpha value is -3.23. The van der Waals surface area contributed by atoms with Gasteiger partial charge in [0.2, 0.25) is 0 Å². The quantitative estimate of drug-likeness (QED) is 0.393. The van der Waals surface area contributed by atoms with E-state index >= 15 is 0 Å². The number of nitrogens with two attached hydrogens (primary N) is 4. The third-order valence-corrected chi connectivity index (χ3v) is 3.38. The first-order valence-electron chi connectivity index (χ1n) is 6.88. The zero-order valence-corrected chi connectivity index (χ0v) is 14.2. The van der Waals surface area contributed by atoms with Gasteiger partial charge in [-0.15, -0.1) is 8.42 Å². The number of nitrogens with zero attached hydrogens (tertiary/aromatic N) is 4. The molecule has 140 valence electrons. The lowest BCUT2D eigenvalue weighted by Gasteiger charge is -2.04. The fourth-order valence-electron chi connectivity index (χ4n) is 1.58. The van der Waals surface area contributed by atoms with E-state index in [1.54, 1.807) is 13.8 Å². The third kappa shape index (κ3) is 3.65. The highest BCUT2D eigenvalue weighted by molar-refractivity contribution is 7.82. The van der Waals surface area contributed by atoms with E-state index in [9.17, 15) is 8.42 Å². The van der Waals surface area contributed by atoms with Crippen molar-refractivity contribution < 1.29 is 26.5 Å². The monoisotopic (exact) mass is 378 g/mol. The summed E-state index contributed by atoms with van der Waals surface area (Å²) in [6.45, 7) is 3.75. The maximum Gasteiger partial charge on any atom is 0.504 e. The van der Waals surface area contributed by atoms with Crippen molar-refractivity contribution in [1.29, 1.82) is 0 Å². The van der Waals surface area contributed by atoms with Crippen LogP contribution in [0.4, 0.5) is 23.0 Å². The van der Waals surface area contributed by atoms with Crippen molar-refractivity contribution in [3.63, 3.8) is 0 Å². The summed E-state index contributed by atoms with van der Waals surface area (Å²) in [5.41, 5.74) is 21.9. The van der Waals surface area contributed by atoms with Gasteiger partial charge >= 0.3 is 10.4 Å². The van der Waals surface area contributed by atoms with Crippen LogP contribution in [0.3, 0.4) is 0 Å². The van der Waals surface area contributed by atoms with Gasteiger partial charge in [0.25, 0.3) is 11.8 Å².